The molecule has 3 amide bonds. The minimum absolute atomic E-state index is 0.123. The lowest BCUT2D eigenvalue weighted by atomic mass is 10.1. The van der Waals surface area contributed by atoms with E-state index in [2.05, 4.69) is 15.4 Å². The van der Waals surface area contributed by atoms with E-state index in [-0.39, 0.29) is 42.0 Å². The van der Waals surface area contributed by atoms with E-state index in [0.717, 1.165) is 23.9 Å². The van der Waals surface area contributed by atoms with Crippen LogP contribution in [0, 0.1) is 0 Å². The van der Waals surface area contributed by atoms with Crippen molar-refractivity contribution in [3.8, 4) is 0 Å². The smallest absolute Gasteiger partial charge is 0.261 e. The number of benzene rings is 1. The van der Waals surface area contributed by atoms with Crippen LogP contribution < -0.4 is 5.32 Å². The third-order valence-corrected chi connectivity index (χ3v) is 5.82. The van der Waals surface area contributed by atoms with Crippen LogP contribution in [0.1, 0.15) is 63.8 Å². The van der Waals surface area contributed by atoms with E-state index in [4.69, 9.17) is 4.74 Å². The lowest BCUT2D eigenvalue weighted by molar-refractivity contribution is 0.0475. The maximum Gasteiger partial charge on any atom is 0.261 e. The molecule has 2 aromatic heterocycles. The summed E-state index contributed by atoms with van der Waals surface area (Å²) in [5.41, 5.74) is 2.11. The van der Waals surface area contributed by atoms with Gasteiger partial charge in [-0.1, -0.05) is 0 Å². The molecule has 9 heteroatoms. The number of fused-ring (bicyclic) bond motifs is 2. The number of nitrogens with zero attached hydrogens (tertiary/aromatic N) is 4. The van der Waals surface area contributed by atoms with Crippen LogP contribution >= 0.6 is 0 Å². The number of amides is 3. The van der Waals surface area contributed by atoms with Crippen LogP contribution in [0.3, 0.4) is 0 Å². The first-order chi connectivity index (χ1) is 15.4. The first-order valence-corrected chi connectivity index (χ1v) is 10.7. The van der Waals surface area contributed by atoms with Gasteiger partial charge in [0.25, 0.3) is 17.7 Å². The summed E-state index contributed by atoms with van der Waals surface area (Å²) in [6.07, 6.45) is 4.92. The number of pyridine rings is 1. The molecule has 3 aromatic rings. The Kier molecular flexibility index (Phi) is 4.97. The van der Waals surface area contributed by atoms with Crippen molar-refractivity contribution in [3.05, 3.63) is 53.3 Å². The summed E-state index contributed by atoms with van der Waals surface area (Å²) in [5.74, 6) is -1.12. The number of hydrogen-bond donors (Lipinski definition) is 1. The first kappa shape index (κ1) is 20.3. The fourth-order valence-electron chi connectivity index (χ4n) is 4.18. The zero-order chi connectivity index (χ0) is 22.4. The number of rotatable bonds is 5. The molecule has 32 heavy (non-hydrogen) atoms. The molecule has 164 valence electrons. The van der Waals surface area contributed by atoms with Crippen LogP contribution in [0.25, 0.3) is 11.0 Å². The summed E-state index contributed by atoms with van der Waals surface area (Å²) in [6.45, 7) is 4.93. The Hall–Kier alpha value is -3.59. The van der Waals surface area contributed by atoms with Gasteiger partial charge in [0, 0.05) is 23.6 Å². The maximum atomic E-state index is 12.8. The lowest BCUT2D eigenvalue weighted by Crippen LogP contribution is -2.36. The van der Waals surface area contributed by atoms with Gasteiger partial charge in [-0.2, -0.15) is 5.10 Å². The summed E-state index contributed by atoms with van der Waals surface area (Å²) >= 11 is 0. The van der Waals surface area contributed by atoms with Gasteiger partial charge in [0.15, 0.2) is 5.65 Å². The van der Waals surface area contributed by atoms with Crippen molar-refractivity contribution in [2.24, 2.45) is 0 Å². The molecule has 0 saturated carbocycles. The van der Waals surface area contributed by atoms with Crippen LogP contribution in [0.2, 0.25) is 0 Å². The Morgan fingerprint density at radius 1 is 1.19 bits per heavy atom. The van der Waals surface area contributed by atoms with Gasteiger partial charge in [-0.05, 0) is 51.0 Å². The van der Waals surface area contributed by atoms with Gasteiger partial charge >= 0.3 is 0 Å². The number of aromatic nitrogens is 3. The monoisotopic (exact) mass is 433 g/mol. The molecule has 1 atom stereocenters. The Bertz CT molecular complexity index is 1240. The molecule has 1 N–H and O–H groups in total. The van der Waals surface area contributed by atoms with E-state index >= 15 is 0 Å². The Morgan fingerprint density at radius 2 is 2.00 bits per heavy atom. The quantitative estimate of drug-likeness (QED) is 0.620. The molecule has 4 heterocycles. The number of hydrogen-bond acceptors (Lipinski definition) is 6. The minimum atomic E-state index is -0.390. The van der Waals surface area contributed by atoms with Crippen molar-refractivity contribution in [1.82, 2.24) is 19.7 Å². The summed E-state index contributed by atoms with van der Waals surface area (Å²) in [7, 11) is 0. The fourth-order valence-corrected chi connectivity index (χ4v) is 4.18. The number of nitrogens with one attached hydrogen (secondary N) is 1. The summed E-state index contributed by atoms with van der Waals surface area (Å²) in [4.78, 5) is 44.0. The van der Waals surface area contributed by atoms with Crippen LogP contribution in [-0.4, -0.2) is 56.6 Å². The standard InChI is InChI=1S/C23H23N5O4/c1-13(2)28-20-15(10-25-28)8-16(11-24-20)26-21(29)14-5-6-18-19(9-14)23(31)27(22(18)30)12-17-4-3-7-32-17/h5-6,8-11,13,17H,3-4,7,12H2,1-2H3,(H,26,29). The normalized spacial score (nSPS) is 18.1. The van der Waals surface area contributed by atoms with Crippen molar-refractivity contribution in [1.29, 1.82) is 0 Å². The summed E-state index contributed by atoms with van der Waals surface area (Å²) < 4.78 is 7.37. The number of imide groups is 1. The molecule has 0 aliphatic carbocycles. The molecule has 1 fully saturated rings. The molecule has 0 spiro atoms. The second kappa shape index (κ2) is 7.83. The van der Waals surface area contributed by atoms with Crippen LogP contribution in [0.4, 0.5) is 5.69 Å². The molecule has 1 unspecified atom stereocenters. The Labute approximate surface area is 184 Å². The predicted octanol–water partition coefficient (Wildman–Crippen LogP) is 3.04. The highest BCUT2D eigenvalue weighted by molar-refractivity contribution is 6.22. The lowest BCUT2D eigenvalue weighted by Gasteiger charge is -2.17. The topological polar surface area (TPSA) is 106 Å². The van der Waals surface area contributed by atoms with E-state index in [0.29, 0.717) is 23.4 Å². The highest BCUT2D eigenvalue weighted by atomic mass is 16.5. The van der Waals surface area contributed by atoms with Crippen molar-refractivity contribution in [2.75, 3.05) is 18.5 Å². The van der Waals surface area contributed by atoms with Gasteiger partial charge < -0.3 is 10.1 Å². The fraction of sp³-hybridized carbons (Fsp3) is 0.348. The molecular formula is C23H23N5O4. The van der Waals surface area contributed by atoms with E-state index in [9.17, 15) is 14.4 Å². The van der Waals surface area contributed by atoms with E-state index < -0.39 is 0 Å². The second-order valence-corrected chi connectivity index (χ2v) is 8.39. The second-order valence-electron chi connectivity index (χ2n) is 8.39. The van der Waals surface area contributed by atoms with E-state index in [1.807, 2.05) is 18.5 Å². The minimum Gasteiger partial charge on any atom is -0.376 e. The van der Waals surface area contributed by atoms with E-state index in [1.165, 1.54) is 17.0 Å². The highest BCUT2D eigenvalue weighted by Crippen LogP contribution is 2.27. The van der Waals surface area contributed by atoms with Crippen molar-refractivity contribution in [2.45, 2.75) is 38.8 Å². The predicted molar refractivity (Wildman–Crippen MR) is 117 cm³/mol. The summed E-state index contributed by atoms with van der Waals surface area (Å²) in [6, 6.07) is 6.54. The highest BCUT2D eigenvalue weighted by Gasteiger charge is 2.38. The molecule has 0 radical (unpaired) electrons. The number of anilines is 1. The SMILES string of the molecule is CC(C)n1ncc2cc(NC(=O)c3ccc4c(c3)C(=O)N(CC3CCCO3)C4=O)cnc21. The number of ether oxygens (including phenoxy) is 1. The third kappa shape index (κ3) is 3.44. The number of carbonyl (C=O) groups excluding carboxylic acids is 3. The molecule has 1 aromatic carbocycles. The first-order valence-electron chi connectivity index (χ1n) is 10.7. The average Bonchev–Trinajstić information content (AvgIpc) is 3.49. The molecular weight excluding hydrogens is 410 g/mol. The number of carbonyl (C=O) groups is 3. The van der Waals surface area contributed by atoms with Crippen LogP contribution in [0.5, 0.6) is 0 Å². The van der Waals surface area contributed by atoms with Gasteiger partial charge in [0.05, 0.1) is 41.9 Å². The Balaban J connectivity index is 1.35. The van der Waals surface area contributed by atoms with Gasteiger partial charge in [-0.25, -0.2) is 9.67 Å². The van der Waals surface area contributed by atoms with Gasteiger partial charge in [-0.3, -0.25) is 19.3 Å². The molecule has 0 bridgehead atoms. The summed E-state index contributed by atoms with van der Waals surface area (Å²) in [5, 5.41) is 7.95. The van der Waals surface area contributed by atoms with Gasteiger partial charge in [-0.15, -0.1) is 0 Å². The molecule has 2 aliphatic heterocycles. The van der Waals surface area contributed by atoms with Gasteiger partial charge in [0.1, 0.15) is 0 Å². The van der Waals surface area contributed by atoms with Crippen molar-refractivity contribution in [3.63, 3.8) is 0 Å². The average molecular weight is 433 g/mol. The van der Waals surface area contributed by atoms with Crippen LogP contribution in [0.15, 0.2) is 36.7 Å². The van der Waals surface area contributed by atoms with Crippen molar-refractivity contribution < 1.29 is 19.1 Å². The third-order valence-electron chi connectivity index (χ3n) is 5.82. The Morgan fingerprint density at radius 3 is 2.75 bits per heavy atom. The molecule has 2 aliphatic rings. The zero-order valence-corrected chi connectivity index (χ0v) is 17.9. The van der Waals surface area contributed by atoms with Gasteiger partial charge in [0.2, 0.25) is 0 Å². The molecule has 5 rings (SSSR count). The largest absolute Gasteiger partial charge is 0.376 e. The van der Waals surface area contributed by atoms with Crippen LogP contribution in [-0.2, 0) is 4.74 Å². The zero-order valence-electron chi connectivity index (χ0n) is 17.9. The van der Waals surface area contributed by atoms with Crippen molar-refractivity contribution >= 4 is 34.4 Å². The molecule has 1 saturated heterocycles. The van der Waals surface area contributed by atoms with E-state index in [1.54, 1.807) is 24.5 Å². The maximum absolute atomic E-state index is 12.8. The molecule has 9 nitrogen and oxygen atoms in total.